The van der Waals surface area contributed by atoms with Crippen LogP contribution in [0.5, 0.6) is 0 Å². The Morgan fingerprint density at radius 2 is 2.19 bits per heavy atom. The van der Waals surface area contributed by atoms with Gasteiger partial charge < -0.3 is 5.32 Å². The Bertz CT molecular complexity index is 719. The number of rotatable bonds is 5. The topological polar surface area (TPSA) is 68.5 Å². The first kappa shape index (κ1) is 13.7. The van der Waals surface area contributed by atoms with Crippen LogP contribution >= 0.6 is 11.3 Å². The van der Waals surface area contributed by atoms with Crippen LogP contribution in [0.3, 0.4) is 0 Å². The quantitative estimate of drug-likeness (QED) is 0.783. The summed E-state index contributed by atoms with van der Waals surface area (Å²) in [5.41, 5.74) is 2.92. The molecule has 6 nitrogen and oxygen atoms in total. The van der Waals surface area contributed by atoms with Crippen molar-refractivity contribution in [2.75, 3.05) is 11.9 Å². The Kier molecular flexibility index (Phi) is 3.92. The van der Waals surface area contributed by atoms with E-state index in [1.54, 1.807) is 17.5 Å². The van der Waals surface area contributed by atoms with Crippen molar-refractivity contribution in [3.8, 4) is 11.4 Å². The van der Waals surface area contributed by atoms with Crippen LogP contribution in [0.25, 0.3) is 11.4 Å². The molecule has 21 heavy (non-hydrogen) atoms. The monoisotopic (exact) mass is 300 g/mol. The van der Waals surface area contributed by atoms with Crippen molar-refractivity contribution >= 4 is 17.3 Å². The van der Waals surface area contributed by atoms with Gasteiger partial charge in [-0.05, 0) is 18.6 Å². The minimum Gasteiger partial charge on any atom is -0.354 e. The fourth-order valence-corrected chi connectivity index (χ4v) is 2.67. The van der Waals surface area contributed by atoms with Gasteiger partial charge in [0.15, 0.2) is 0 Å². The average molecular weight is 300 g/mol. The van der Waals surface area contributed by atoms with Gasteiger partial charge in [-0.2, -0.15) is 5.10 Å². The number of anilines is 1. The molecule has 0 aliphatic carbocycles. The minimum absolute atomic E-state index is 0.633. The number of thiazole rings is 1. The first-order chi connectivity index (χ1) is 10.2. The van der Waals surface area contributed by atoms with Crippen molar-refractivity contribution in [1.29, 1.82) is 0 Å². The van der Waals surface area contributed by atoms with E-state index in [1.807, 2.05) is 42.5 Å². The van der Waals surface area contributed by atoms with Gasteiger partial charge in [-0.25, -0.2) is 15.0 Å². The summed E-state index contributed by atoms with van der Waals surface area (Å²) in [4.78, 5) is 13.2. The normalized spacial score (nSPS) is 10.8. The molecule has 0 spiro atoms. The molecule has 0 saturated heterocycles. The zero-order chi connectivity index (χ0) is 14.7. The molecule has 0 bridgehead atoms. The predicted molar refractivity (Wildman–Crippen MR) is 83.3 cm³/mol. The molecule has 1 N–H and O–H groups in total. The molecule has 0 fully saturated rings. The third kappa shape index (κ3) is 3.08. The number of aromatic nitrogens is 5. The summed E-state index contributed by atoms with van der Waals surface area (Å²) in [5.74, 6) is 0.633. The zero-order valence-corrected chi connectivity index (χ0v) is 12.8. The van der Waals surface area contributed by atoms with Crippen molar-refractivity contribution in [1.82, 2.24) is 24.7 Å². The van der Waals surface area contributed by atoms with Crippen LogP contribution in [-0.2, 0) is 13.5 Å². The molecule has 7 heteroatoms. The smallest absolute Gasteiger partial charge is 0.223 e. The van der Waals surface area contributed by atoms with Gasteiger partial charge >= 0.3 is 0 Å². The number of hydrogen-bond donors (Lipinski definition) is 1. The van der Waals surface area contributed by atoms with Crippen LogP contribution < -0.4 is 5.32 Å². The van der Waals surface area contributed by atoms with Gasteiger partial charge in [-0.15, -0.1) is 11.3 Å². The van der Waals surface area contributed by atoms with Crippen LogP contribution in [0, 0.1) is 6.92 Å². The first-order valence-electron chi connectivity index (χ1n) is 6.68. The minimum atomic E-state index is 0.633. The maximum Gasteiger partial charge on any atom is 0.223 e. The molecular formula is C14H16N6S. The second-order valence-corrected chi connectivity index (χ2v) is 5.65. The number of hydrogen-bond acceptors (Lipinski definition) is 6. The largest absolute Gasteiger partial charge is 0.354 e. The van der Waals surface area contributed by atoms with Gasteiger partial charge in [0.2, 0.25) is 5.95 Å². The SMILES string of the molecule is Cc1cnc(NCCc2nccs2)nc1-c1ccnn1C. The molecule has 0 saturated carbocycles. The molecule has 0 aliphatic rings. The van der Waals surface area contributed by atoms with Crippen molar-refractivity contribution in [2.24, 2.45) is 7.05 Å². The lowest BCUT2D eigenvalue weighted by molar-refractivity contribution is 0.772. The van der Waals surface area contributed by atoms with Crippen LogP contribution in [0.2, 0.25) is 0 Å². The zero-order valence-electron chi connectivity index (χ0n) is 11.9. The van der Waals surface area contributed by atoms with E-state index < -0.39 is 0 Å². The van der Waals surface area contributed by atoms with Crippen molar-refractivity contribution in [2.45, 2.75) is 13.3 Å². The van der Waals surface area contributed by atoms with Gasteiger partial charge in [0.25, 0.3) is 0 Å². The van der Waals surface area contributed by atoms with Crippen molar-refractivity contribution in [3.63, 3.8) is 0 Å². The molecule has 3 aromatic rings. The molecule has 108 valence electrons. The van der Waals surface area contributed by atoms with E-state index in [1.165, 1.54) is 0 Å². The van der Waals surface area contributed by atoms with E-state index >= 15 is 0 Å². The summed E-state index contributed by atoms with van der Waals surface area (Å²) < 4.78 is 1.81. The maximum atomic E-state index is 4.59. The molecule has 0 unspecified atom stereocenters. The summed E-state index contributed by atoms with van der Waals surface area (Å²) in [6.07, 6.45) is 6.30. The Balaban J connectivity index is 1.73. The molecule has 0 radical (unpaired) electrons. The molecule has 0 atom stereocenters. The number of aryl methyl sites for hydroxylation is 2. The van der Waals surface area contributed by atoms with Gasteiger partial charge in [-0.3, -0.25) is 4.68 Å². The summed E-state index contributed by atoms with van der Waals surface area (Å²) in [7, 11) is 1.91. The van der Waals surface area contributed by atoms with Gasteiger partial charge in [0.1, 0.15) is 0 Å². The Hall–Kier alpha value is -2.28. The number of nitrogens with zero attached hydrogens (tertiary/aromatic N) is 5. The summed E-state index contributed by atoms with van der Waals surface area (Å²) in [6.45, 7) is 2.77. The van der Waals surface area contributed by atoms with E-state index in [0.717, 1.165) is 34.9 Å². The van der Waals surface area contributed by atoms with Gasteiger partial charge in [0, 0.05) is 44.0 Å². The molecule has 0 aromatic carbocycles. The van der Waals surface area contributed by atoms with Gasteiger partial charge in [-0.1, -0.05) is 0 Å². The molecule has 0 amide bonds. The van der Waals surface area contributed by atoms with Crippen molar-refractivity contribution in [3.05, 3.63) is 40.6 Å². The molecule has 0 aliphatic heterocycles. The molecule has 3 heterocycles. The standard InChI is InChI=1S/C14H16N6S/c1-10-9-17-14(16-5-4-12-15-7-8-21-12)19-13(10)11-3-6-18-20(11)2/h3,6-9H,4-5H2,1-2H3,(H,16,17,19). The third-order valence-corrected chi connectivity index (χ3v) is 3.98. The fourth-order valence-electron chi connectivity index (χ4n) is 2.05. The Labute approximate surface area is 126 Å². The van der Waals surface area contributed by atoms with Crippen LogP contribution in [0.1, 0.15) is 10.6 Å². The van der Waals surface area contributed by atoms with Crippen LogP contribution in [-0.4, -0.2) is 31.3 Å². The lowest BCUT2D eigenvalue weighted by atomic mass is 10.2. The third-order valence-electron chi connectivity index (χ3n) is 3.14. The fraction of sp³-hybridized carbons (Fsp3) is 0.286. The number of nitrogens with one attached hydrogen (secondary N) is 1. The summed E-state index contributed by atoms with van der Waals surface area (Å²) >= 11 is 1.66. The molecule has 3 aromatic heterocycles. The highest BCUT2D eigenvalue weighted by Gasteiger charge is 2.09. The average Bonchev–Trinajstić information content (AvgIpc) is 3.12. The van der Waals surface area contributed by atoms with E-state index in [4.69, 9.17) is 0 Å². The Morgan fingerprint density at radius 3 is 2.90 bits per heavy atom. The van der Waals surface area contributed by atoms with E-state index in [9.17, 15) is 0 Å². The summed E-state index contributed by atoms with van der Waals surface area (Å²) in [6, 6.07) is 1.95. The highest BCUT2D eigenvalue weighted by atomic mass is 32.1. The second kappa shape index (κ2) is 6.01. The highest BCUT2D eigenvalue weighted by Crippen LogP contribution is 2.20. The maximum absolute atomic E-state index is 4.59. The van der Waals surface area contributed by atoms with Crippen molar-refractivity contribution < 1.29 is 0 Å². The van der Waals surface area contributed by atoms with E-state index in [0.29, 0.717) is 5.95 Å². The summed E-state index contributed by atoms with van der Waals surface area (Å²) in [5, 5.41) is 10.5. The van der Waals surface area contributed by atoms with Crippen LogP contribution in [0.4, 0.5) is 5.95 Å². The molecular weight excluding hydrogens is 284 g/mol. The first-order valence-corrected chi connectivity index (χ1v) is 7.56. The second-order valence-electron chi connectivity index (χ2n) is 4.67. The predicted octanol–water partition coefficient (Wildman–Crippen LogP) is 2.30. The van der Waals surface area contributed by atoms with Gasteiger partial charge in [0.05, 0.1) is 16.4 Å². The van der Waals surface area contributed by atoms with E-state index in [-0.39, 0.29) is 0 Å². The van der Waals surface area contributed by atoms with Crippen LogP contribution in [0.15, 0.2) is 30.0 Å². The van der Waals surface area contributed by atoms with E-state index in [2.05, 4.69) is 25.4 Å². The Morgan fingerprint density at radius 1 is 1.29 bits per heavy atom. The lowest BCUT2D eigenvalue weighted by Gasteiger charge is -2.08. The highest BCUT2D eigenvalue weighted by molar-refractivity contribution is 7.09. The molecule has 3 rings (SSSR count). The lowest BCUT2D eigenvalue weighted by Crippen LogP contribution is -2.09.